The molecule has 8 heteroatoms. The first-order chi connectivity index (χ1) is 15.1. The third kappa shape index (κ3) is 5.09. The molecule has 1 saturated heterocycles. The molecular weight excluding hydrogens is 392 g/mol. The minimum atomic E-state index is 0.112. The molecule has 0 saturated carbocycles. The lowest BCUT2D eigenvalue weighted by atomic mass is 10.1. The lowest BCUT2D eigenvalue weighted by Gasteiger charge is -2.35. The summed E-state index contributed by atoms with van der Waals surface area (Å²) in [6.45, 7) is 4.77. The van der Waals surface area contributed by atoms with Crippen molar-refractivity contribution < 1.29 is 9.53 Å². The molecular formula is C23H26N6O2. The number of benzene rings is 1. The van der Waals surface area contributed by atoms with Crippen LogP contribution in [-0.2, 0) is 11.2 Å². The number of anilines is 3. The SMILES string of the molecule is COc1ccccc1CC(=O)N1CCN(c2ccc(Nc3cc(C)ccn3)nn2)CC1. The summed E-state index contributed by atoms with van der Waals surface area (Å²) in [6.07, 6.45) is 2.10. The Morgan fingerprint density at radius 2 is 1.84 bits per heavy atom. The van der Waals surface area contributed by atoms with Crippen molar-refractivity contribution in [2.24, 2.45) is 0 Å². The van der Waals surface area contributed by atoms with Crippen molar-refractivity contribution in [2.75, 3.05) is 43.5 Å². The zero-order valence-corrected chi connectivity index (χ0v) is 17.8. The third-order valence-electron chi connectivity index (χ3n) is 5.31. The molecule has 1 fully saturated rings. The average Bonchev–Trinajstić information content (AvgIpc) is 2.80. The molecule has 0 spiro atoms. The Morgan fingerprint density at radius 1 is 1.03 bits per heavy atom. The predicted molar refractivity (Wildman–Crippen MR) is 120 cm³/mol. The van der Waals surface area contributed by atoms with E-state index >= 15 is 0 Å². The second-order valence-electron chi connectivity index (χ2n) is 7.48. The van der Waals surface area contributed by atoms with E-state index in [0.29, 0.717) is 25.3 Å². The van der Waals surface area contributed by atoms with E-state index in [1.54, 1.807) is 13.3 Å². The van der Waals surface area contributed by atoms with Gasteiger partial charge in [-0.25, -0.2) is 4.98 Å². The van der Waals surface area contributed by atoms with Crippen LogP contribution in [0.4, 0.5) is 17.5 Å². The first-order valence-corrected chi connectivity index (χ1v) is 10.3. The Balaban J connectivity index is 1.31. The number of nitrogens with one attached hydrogen (secondary N) is 1. The summed E-state index contributed by atoms with van der Waals surface area (Å²) >= 11 is 0. The van der Waals surface area contributed by atoms with Crippen molar-refractivity contribution in [3.8, 4) is 5.75 Å². The molecule has 8 nitrogen and oxygen atoms in total. The zero-order chi connectivity index (χ0) is 21.6. The highest BCUT2D eigenvalue weighted by Gasteiger charge is 2.23. The number of hydrogen-bond donors (Lipinski definition) is 1. The van der Waals surface area contributed by atoms with Crippen molar-refractivity contribution in [1.82, 2.24) is 20.1 Å². The predicted octanol–water partition coefficient (Wildman–Crippen LogP) is 2.82. The number of pyridine rings is 1. The fourth-order valence-corrected chi connectivity index (χ4v) is 3.60. The Morgan fingerprint density at radius 3 is 2.55 bits per heavy atom. The van der Waals surface area contributed by atoms with Gasteiger partial charge in [-0.2, -0.15) is 0 Å². The van der Waals surface area contributed by atoms with E-state index in [9.17, 15) is 4.79 Å². The summed E-state index contributed by atoms with van der Waals surface area (Å²) in [5, 5.41) is 11.8. The summed E-state index contributed by atoms with van der Waals surface area (Å²) < 4.78 is 5.36. The Labute approximate surface area is 181 Å². The number of ether oxygens (including phenoxy) is 1. The van der Waals surface area contributed by atoms with E-state index in [1.807, 2.05) is 60.4 Å². The van der Waals surface area contributed by atoms with Gasteiger partial charge in [0.25, 0.3) is 0 Å². The van der Waals surface area contributed by atoms with Gasteiger partial charge in [0.2, 0.25) is 5.91 Å². The van der Waals surface area contributed by atoms with Crippen LogP contribution in [0.15, 0.2) is 54.7 Å². The quantitative estimate of drug-likeness (QED) is 0.659. The molecule has 160 valence electrons. The monoisotopic (exact) mass is 418 g/mol. The fraction of sp³-hybridized carbons (Fsp3) is 0.304. The number of nitrogens with zero attached hydrogens (tertiary/aromatic N) is 5. The molecule has 3 heterocycles. The van der Waals surface area contributed by atoms with Crippen molar-refractivity contribution >= 4 is 23.4 Å². The molecule has 0 radical (unpaired) electrons. The van der Waals surface area contributed by atoms with Crippen LogP contribution in [0, 0.1) is 6.92 Å². The first-order valence-electron chi connectivity index (χ1n) is 10.3. The maximum absolute atomic E-state index is 12.7. The van der Waals surface area contributed by atoms with Crippen molar-refractivity contribution in [2.45, 2.75) is 13.3 Å². The van der Waals surface area contributed by atoms with Gasteiger partial charge in [-0.3, -0.25) is 4.79 Å². The van der Waals surface area contributed by atoms with Crippen LogP contribution in [0.1, 0.15) is 11.1 Å². The Bertz CT molecular complexity index is 1030. The Hall–Kier alpha value is -3.68. The maximum atomic E-state index is 12.7. The Kier molecular flexibility index (Phi) is 6.26. The van der Waals surface area contributed by atoms with Crippen LogP contribution in [0.25, 0.3) is 0 Å². The van der Waals surface area contributed by atoms with Crippen LogP contribution >= 0.6 is 0 Å². The molecule has 0 atom stereocenters. The number of aryl methyl sites for hydroxylation is 1. The molecule has 1 aliphatic rings. The van der Waals surface area contributed by atoms with Gasteiger partial charge >= 0.3 is 0 Å². The van der Waals surface area contributed by atoms with Gasteiger partial charge in [0.1, 0.15) is 11.6 Å². The highest BCUT2D eigenvalue weighted by molar-refractivity contribution is 5.79. The number of carbonyl (C=O) groups is 1. The van der Waals surface area contributed by atoms with Gasteiger partial charge in [-0.15, -0.1) is 10.2 Å². The van der Waals surface area contributed by atoms with Crippen LogP contribution < -0.4 is 15.0 Å². The number of methoxy groups -OCH3 is 1. The van der Waals surface area contributed by atoms with Crippen molar-refractivity contribution in [3.05, 3.63) is 65.9 Å². The number of piperazine rings is 1. The molecule has 1 amide bonds. The van der Waals surface area contributed by atoms with E-state index in [2.05, 4.69) is 25.4 Å². The second-order valence-corrected chi connectivity index (χ2v) is 7.48. The van der Waals surface area contributed by atoms with E-state index in [4.69, 9.17) is 4.74 Å². The number of aromatic nitrogens is 3. The van der Waals surface area contributed by atoms with Crippen molar-refractivity contribution in [3.63, 3.8) is 0 Å². The molecule has 0 unspecified atom stereocenters. The number of amides is 1. The fourth-order valence-electron chi connectivity index (χ4n) is 3.60. The highest BCUT2D eigenvalue weighted by Crippen LogP contribution is 2.20. The first kappa shape index (κ1) is 20.6. The third-order valence-corrected chi connectivity index (χ3v) is 5.31. The maximum Gasteiger partial charge on any atom is 0.227 e. The van der Waals surface area contributed by atoms with Gasteiger partial charge in [0, 0.05) is 37.9 Å². The van der Waals surface area contributed by atoms with Gasteiger partial charge in [-0.05, 0) is 42.8 Å². The summed E-state index contributed by atoms with van der Waals surface area (Å²) in [4.78, 5) is 21.1. The lowest BCUT2D eigenvalue weighted by molar-refractivity contribution is -0.130. The minimum absolute atomic E-state index is 0.112. The minimum Gasteiger partial charge on any atom is -0.496 e. The van der Waals surface area contributed by atoms with Gasteiger partial charge in [0.05, 0.1) is 13.5 Å². The molecule has 1 aliphatic heterocycles. The second kappa shape index (κ2) is 9.42. The summed E-state index contributed by atoms with van der Waals surface area (Å²) in [5.74, 6) is 3.05. The molecule has 2 aromatic heterocycles. The standard InChI is InChI=1S/C23H26N6O2/c1-17-9-10-24-21(15-17)25-20-7-8-22(27-26-20)28-11-13-29(14-12-28)23(30)16-18-5-3-4-6-19(18)31-2/h3-10,15H,11-14,16H2,1-2H3,(H,24,25,26). The topological polar surface area (TPSA) is 83.5 Å². The molecule has 0 aliphatic carbocycles. The van der Waals surface area contributed by atoms with Crippen LogP contribution in [0.2, 0.25) is 0 Å². The number of hydrogen-bond acceptors (Lipinski definition) is 7. The largest absolute Gasteiger partial charge is 0.496 e. The normalized spacial score (nSPS) is 13.7. The van der Waals surface area contributed by atoms with Gasteiger partial charge < -0.3 is 19.9 Å². The number of para-hydroxylation sites is 1. The summed E-state index contributed by atoms with van der Waals surface area (Å²) in [5.41, 5.74) is 2.04. The number of rotatable bonds is 6. The molecule has 1 N–H and O–H groups in total. The smallest absolute Gasteiger partial charge is 0.227 e. The van der Waals surface area contributed by atoms with E-state index in [1.165, 1.54) is 0 Å². The molecule has 4 rings (SSSR count). The van der Waals surface area contributed by atoms with E-state index in [-0.39, 0.29) is 5.91 Å². The van der Waals surface area contributed by atoms with Crippen LogP contribution in [0.5, 0.6) is 5.75 Å². The highest BCUT2D eigenvalue weighted by atomic mass is 16.5. The molecule has 3 aromatic rings. The van der Waals surface area contributed by atoms with E-state index < -0.39 is 0 Å². The summed E-state index contributed by atoms with van der Waals surface area (Å²) in [7, 11) is 1.63. The van der Waals surface area contributed by atoms with Crippen LogP contribution in [-0.4, -0.2) is 59.3 Å². The molecule has 0 bridgehead atoms. The van der Waals surface area contributed by atoms with Gasteiger partial charge in [0.15, 0.2) is 11.6 Å². The molecule has 1 aromatic carbocycles. The zero-order valence-electron chi connectivity index (χ0n) is 17.8. The summed E-state index contributed by atoms with van der Waals surface area (Å²) in [6, 6.07) is 15.4. The lowest BCUT2D eigenvalue weighted by Crippen LogP contribution is -2.49. The molecule has 31 heavy (non-hydrogen) atoms. The van der Waals surface area contributed by atoms with Crippen molar-refractivity contribution in [1.29, 1.82) is 0 Å². The average molecular weight is 419 g/mol. The van der Waals surface area contributed by atoms with Gasteiger partial charge in [-0.1, -0.05) is 18.2 Å². The van der Waals surface area contributed by atoms with Crippen LogP contribution in [0.3, 0.4) is 0 Å². The number of carbonyl (C=O) groups excluding carboxylic acids is 1. The van der Waals surface area contributed by atoms with E-state index in [0.717, 1.165) is 41.6 Å².